The van der Waals surface area contributed by atoms with Crippen molar-refractivity contribution < 1.29 is 4.42 Å². The molecule has 13 rings (SSSR count). The zero-order valence-corrected chi connectivity index (χ0v) is 28.2. The maximum absolute atomic E-state index is 6.41. The van der Waals surface area contributed by atoms with Crippen LogP contribution in [0.15, 0.2) is 162 Å². The summed E-state index contributed by atoms with van der Waals surface area (Å²) in [6, 6.07) is 56.1. The molecule has 0 N–H and O–H groups in total. The van der Waals surface area contributed by atoms with Crippen LogP contribution >= 0.6 is 0 Å². The zero-order valence-electron chi connectivity index (χ0n) is 28.2. The molecule has 0 bridgehead atoms. The number of furan rings is 1. The third-order valence-electron chi connectivity index (χ3n) is 11.4. The molecular weight excluding hydrogens is 649 g/mol. The van der Waals surface area contributed by atoms with Crippen molar-refractivity contribution in [3.05, 3.63) is 158 Å². The first-order valence-corrected chi connectivity index (χ1v) is 18.0. The Bertz CT molecular complexity index is 3680. The van der Waals surface area contributed by atoms with E-state index in [4.69, 9.17) is 14.4 Å². The molecule has 0 atom stereocenters. The Hall–Kier alpha value is -7.24. The van der Waals surface area contributed by atoms with Gasteiger partial charge in [-0.25, -0.2) is 9.97 Å². The largest absolute Gasteiger partial charge is 0.456 e. The number of fused-ring (bicyclic) bond motifs is 12. The first-order valence-electron chi connectivity index (χ1n) is 18.0. The van der Waals surface area contributed by atoms with Crippen LogP contribution in [0.5, 0.6) is 0 Å². The van der Waals surface area contributed by atoms with Crippen LogP contribution in [0.3, 0.4) is 0 Å². The Morgan fingerprint density at radius 2 is 1.09 bits per heavy atom. The zero-order chi connectivity index (χ0) is 34.4. The quantitative estimate of drug-likeness (QED) is 0.172. The molecule has 0 unspecified atom stereocenters. The fraction of sp³-hybridized carbons (Fsp3) is 0. The van der Waals surface area contributed by atoms with Crippen molar-refractivity contribution in [1.82, 2.24) is 18.9 Å². The van der Waals surface area contributed by atoms with E-state index in [1.165, 1.54) is 37.8 Å². The summed E-state index contributed by atoms with van der Waals surface area (Å²) in [7, 11) is 0. The number of rotatable bonds is 2. The molecule has 0 fully saturated rings. The lowest BCUT2D eigenvalue weighted by Crippen LogP contribution is -2.04. The van der Waals surface area contributed by atoms with Crippen molar-refractivity contribution in [2.75, 3.05) is 0 Å². The molecule has 5 aromatic heterocycles. The Morgan fingerprint density at radius 3 is 2.02 bits per heavy atom. The highest BCUT2D eigenvalue weighted by Gasteiger charge is 2.25. The smallest absolute Gasteiger partial charge is 0.165 e. The van der Waals surface area contributed by atoms with Crippen LogP contribution < -0.4 is 0 Å². The molecule has 0 aliphatic rings. The standard InChI is InChI=1S/C48H26N4O/c1-2-12-28(13-3-1)45-48(49-34-24-23-27-11-4-5-14-29(27)46(34)50-45)52-35-19-9-16-30-31-17-8-18-33-42-38(25-26-40-43(42)32-15-6-7-22-39(32)53-40)51(47(31)33)36-20-10-21-37(52)44(36)41(30)35/h1-26H. The summed E-state index contributed by atoms with van der Waals surface area (Å²) in [6.07, 6.45) is 0. The van der Waals surface area contributed by atoms with Gasteiger partial charge in [-0.3, -0.25) is 4.57 Å². The second-order valence-corrected chi connectivity index (χ2v) is 14.1. The number of para-hydroxylation sites is 2. The lowest BCUT2D eigenvalue weighted by atomic mass is 10.0. The van der Waals surface area contributed by atoms with Gasteiger partial charge in [-0.05, 0) is 53.2 Å². The highest BCUT2D eigenvalue weighted by Crippen LogP contribution is 2.47. The van der Waals surface area contributed by atoms with Gasteiger partial charge in [0.15, 0.2) is 5.82 Å². The average Bonchev–Trinajstić information content (AvgIpc) is 3.85. The molecule has 0 spiro atoms. The van der Waals surface area contributed by atoms with E-state index in [1.807, 2.05) is 6.07 Å². The van der Waals surface area contributed by atoms with Gasteiger partial charge >= 0.3 is 0 Å². The van der Waals surface area contributed by atoms with Crippen molar-refractivity contribution in [2.45, 2.75) is 0 Å². The Labute approximate surface area is 300 Å². The van der Waals surface area contributed by atoms with Crippen LogP contribution in [0.1, 0.15) is 0 Å². The molecule has 8 aromatic carbocycles. The maximum Gasteiger partial charge on any atom is 0.165 e. The molecule has 5 heterocycles. The van der Waals surface area contributed by atoms with Gasteiger partial charge < -0.3 is 8.82 Å². The van der Waals surface area contributed by atoms with E-state index in [0.717, 1.165) is 82.9 Å². The van der Waals surface area contributed by atoms with Crippen molar-refractivity contribution in [2.24, 2.45) is 0 Å². The molecule has 0 saturated heterocycles. The summed E-state index contributed by atoms with van der Waals surface area (Å²) in [6.45, 7) is 0. The predicted molar refractivity (Wildman–Crippen MR) is 219 cm³/mol. The first-order chi connectivity index (χ1) is 26.3. The minimum atomic E-state index is 0.816. The molecule has 0 aliphatic carbocycles. The molecule has 0 radical (unpaired) electrons. The van der Waals surface area contributed by atoms with Crippen molar-refractivity contribution >= 4 is 104 Å². The van der Waals surface area contributed by atoms with Gasteiger partial charge in [-0.2, -0.15) is 0 Å². The minimum absolute atomic E-state index is 0.816. The van der Waals surface area contributed by atoms with Gasteiger partial charge in [0, 0.05) is 48.7 Å². The third kappa shape index (κ3) is 3.42. The fourth-order valence-corrected chi connectivity index (χ4v) is 9.29. The summed E-state index contributed by atoms with van der Waals surface area (Å²) < 4.78 is 11.2. The van der Waals surface area contributed by atoms with E-state index in [0.29, 0.717) is 0 Å². The summed E-state index contributed by atoms with van der Waals surface area (Å²) >= 11 is 0. The molecule has 5 nitrogen and oxygen atoms in total. The van der Waals surface area contributed by atoms with E-state index in [1.54, 1.807) is 0 Å². The highest BCUT2D eigenvalue weighted by molar-refractivity contribution is 6.34. The SMILES string of the molecule is c1ccc(-c2nc3c(ccc4ccccc43)nc2-n2c3cccc4c5cccc6c7c8c(ccc7n(c7cccc2c7c43)c56)oc2ccccc28)cc1. The summed E-state index contributed by atoms with van der Waals surface area (Å²) in [5.41, 5.74) is 11.2. The molecule has 0 amide bonds. The van der Waals surface area contributed by atoms with Crippen LogP contribution in [0.25, 0.3) is 121 Å². The lowest BCUT2D eigenvalue weighted by Gasteiger charge is -2.15. The van der Waals surface area contributed by atoms with Crippen LogP contribution in [0.4, 0.5) is 0 Å². The van der Waals surface area contributed by atoms with E-state index >= 15 is 0 Å². The van der Waals surface area contributed by atoms with Crippen molar-refractivity contribution in [3.8, 4) is 17.1 Å². The van der Waals surface area contributed by atoms with Crippen LogP contribution in [-0.4, -0.2) is 18.9 Å². The Morgan fingerprint density at radius 1 is 0.415 bits per heavy atom. The number of aromatic nitrogens is 4. The number of hydrogen-bond donors (Lipinski definition) is 0. The monoisotopic (exact) mass is 674 g/mol. The first kappa shape index (κ1) is 27.5. The van der Waals surface area contributed by atoms with Crippen molar-refractivity contribution in [3.63, 3.8) is 0 Å². The lowest BCUT2D eigenvalue weighted by molar-refractivity contribution is 0.669. The van der Waals surface area contributed by atoms with Crippen LogP contribution in [0, 0.1) is 0 Å². The second-order valence-electron chi connectivity index (χ2n) is 14.1. The summed E-state index contributed by atoms with van der Waals surface area (Å²) in [5, 5.41) is 11.8. The molecule has 53 heavy (non-hydrogen) atoms. The number of benzene rings is 8. The van der Waals surface area contributed by atoms with Gasteiger partial charge in [-0.1, -0.05) is 115 Å². The van der Waals surface area contributed by atoms with E-state index in [9.17, 15) is 0 Å². The van der Waals surface area contributed by atoms with Crippen LogP contribution in [-0.2, 0) is 0 Å². The van der Waals surface area contributed by atoms with Gasteiger partial charge in [0.25, 0.3) is 0 Å². The van der Waals surface area contributed by atoms with E-state index in [2.05, 4.69) is 161 Å². The topological polar surface area (TPSA) is 48.3 Å². The maximum atomic E-state index is 6.41. The molecule has 5 heteroatoms. The molecule has 0 aliphatic heterocycles. The predicted octanol–water partition coefficient (Wildman–Crippen LogP) is 12.6. The molecular formula is C48H26N4O. The third-order valence-corrected chi connectivity index (χ3v) is 11.4. The minimum Gasteiger partial charge on any atom is -0.456 e. The number of nitrogens with zero attached hydrogens (tertiary/aromatic N) is 4. The van der Waals surface area contributed by atoms with Crippen LogP contribution in [0.2, 0.25) is 0 Å². The number of hydrogen-bond acceptors (Lipinski definition) is 3. The fourth-order valence-electron chi connectivity index (χ4n) is 9.29. The van der Waals surface area contributed by atoms with Gasteiger partial charge in [0.1, 0.15) is 16.9 Å². The van der Waals surface area contributed by atoms with Gasteiger partial charge in [0.05, 0.1) is 38.6 Å². The average molecular weight is 675 g/mol. The van der Waals surface area contributed by atoms with Crippen molar-refractivity contribution in [1.29, 1.82) is 0 Å². The summed E-state index contributed by atoms with van der Waals surface area (Å²) in [4.78, 5) is 11.0. The normalized spacial score (nSPS) is 12.5. The van der Waals surface area contributed by atoms with E-state index in [-0.39, 0.29) is 0 Å². The Kier molecular flexibility index (Phi) is 5.06. The molecule has 0 saturated carbocycles. The highest BCUT2D eigenvalue weighted by atomic mass is 16.3. The van der Waals surface area contributed by atoms with Gasteiger partial charge in [0.2, 0.25) is 0 Å². The molecule has 244 valence electrons. The van der Waals surface area contributed by atoms with Gasteiger partial charge in [-0.15, -0.1) is 0 Å². The molecule has 13 aromatic rings. The van der Waals surface area contributed by atoms with E-state index < -0.39 is 0 Å². The summed E-state index contributed by atoms with van der Waals surface area (Å²) in [5.74, 6) is 0.816. The second kappa shape index (κ2) is 9.75. The Balaban J connectivity index is 1.25.